The van der Waals surface area contributed by atoms with Gasteiger partial charge in [0.1, 0.15) is 23.1 Å². The molecular formula is C13H13ClN4O. The van der Waals surface area contributed by atoms with E-state index in [1.807, 2.05) is 17.9 Å². The topological polar surface area (TPSA) is 72.9 Å². The molecule has 2 rings (SSSR count). The van der Waals surface area contributed by atoms with E-state index in [4.69, 9.17) is 21.6 Å². The van der Waals surface area contributed by atoms with Gasteiger partial charge < -0.3 is 9.64 Å². The molecule has 0 atom stereocenters. The molecule has 5 nitrogen and oxygen atoms in total. The summed E-state index contributed by atoms with van der Waals surface area (Å²) in [6.45, 7) is 4.45. The lowest BCUT2D eigenvalue weighted by Gasteiger charge is -2.29. The third-order valence-electron chi connectivity index (χ3n) is 3.13. The molecule has 0 unspecified atom stereocenters. The summed E-state index contributed by atoms with van der Waals surface area (Å²) in [6, 6.07) is 4.19. The van der Waals surface area contributed by atoms with Crippen molar-refractivity contribution in [3.8, 4) is 12.1 Å². The maximum absolute atomic E-state index is 9.37. The van der Waals surface area contributed by atoms with Crippen molar-refractivity contribution in [2.24, 2.45) is 0 Å². The molecule has 98 valence electrons. The van der Waals surface area contributed by atoms with E-state index in [2.05, 4.69) is 11.1 Å². The molecule has 0 bridgehead atoms. The first kappa shape index (κ1) is 13.6. The summed E-state index contributed by atoms with van der Waals surface area (Å²) in [5.41, 5.74) is 1.43. The lowest BCUT2D eigenvalue weighted by atomic mass is 10.0. The van der Waals surface area contributed by atoms with Crippen molar-refractivity contribution in [3.05, 3.63) is 21.8 Å². The number of hydrogen-bond donors (Lipinski definition) is 0. The van der Waals surface area contributed by atoms with Crippen molar-refractivity contribution < 1.29 is 4.74 Å². The van der Waals surface area contributed by atoms with Crippen LogP contribution in [0.15, 0.2) is 0 Å². The van der Waals surface area contributed by atoms with E-state index in [1.165, 1.54) is 0 Å². The third-order valence-corrected chi connectivity index (χ3v) is 3.40. The van der Waals surface area contributed by atoms with Gasteiger partial charge in [-0.05, 0) is 12.0 Å². The largest absolute Gasteiger partial charge is 0.378 e. The van der Waals surface area contributed by atoms with E-state index >= 15 is 0 Å². The number of anilines is 1. The minimum absolute atomic E-state index is 0.167. The van der Waals surface area contributed by atoms with Gasteiger partial charge in [-0.2, -0.15) is 10.5 Å². The Balaban J connectivity index is 2.58. The monoisotopic (exact) mass is 276 g/mol. The fourth-order valence-electron chi connectivity index (χ4n) is 2.18. The minimum Gasteiger partial charge on any atom is -0.378 e. The van der Waals surface area contributed by atoms with Crippen molar-refractivity contribution in [1.29, 1.82) is 10.5 Å². The van der Waals surface area contributed by atoms with Crippen LogP contribution in [-0.2, 0) is 11.2 Å². The highest BCUT2D eigenvalue weighted by Crippen LogP contribution is 2.29. The van der Waals surface area contributed by atoms with Crippen molar-refractivity contribution >= 4 is 17.4 Å². The molecule has 0 saturated carbocycles. The van der Waals surface area contributed by atoms with Gasteiger partial charge in [0, 0.05) is 13.1 Å². The number of nitrogens with zero attached hydrogens (tertiary/aromatic N) is 4. The molecule has 1 aliphatic heterocycles. The Hall–Kier alpha value is -1.82. The molecule has 0 amide bonds. The fraction of sp³-hybridized carbons (Fsp3) is 0.462. The molecule has 1 aromatic rings. The third kappa shape index (κ3) is 2.49. The number of pyridine rings is 1. The Morgan fingerprint density at radius 2 is 1.89 bits per heavy atom. The van der Waals surface area contributed by atoms with E-state index in [0.29, 0.717) is 55.2 Å². The smallest absolute Gasteiger partial charge is 0.149 e. The van der Waals surface area contributed by atoms with Crippen molar-refractivity contribution in [1.82, 2.24) is 4.98 Å². The van der Waals surface area contributed by atoms with E-state index in [9.17, 15) is 5.26 Å². The summed E-state index contributed by atoms with van der Waals surface area (Å²) in [4.78, 5) is 6.22. The Bertz CT molecular complexity index is 567. The SMILES string of the molecule is CCc1c(C#N)c(Cl)nc(N2CCOCC2)c1C#N. The molecule has 1 aliphatic rings. The van der Waals surface area contributed by atoms with Gasteiger partial charge in [-0.1, -0.05) is 18.5 Å². The van der Waals surface area contributed by atoms with Crippen LogP contribution in [0.4, 0.5) is 5.82 Å². The molecular weight excluding hydrogens is 264 g/mol. The average Bonchev–Trinajstić information content (AvgIpc) is 2.46. The number of aromatic nitrogens is 1. The Morgan fingerprint density at radius 3 is 2.42 bits per heavy atom. The zero-order valence-electron chi connectivity index (χ0n) is 10.6. The molecule has 0 aliphatic carbocycles. The van der Waals surface area contributed by atoms with E-state index < -0.39 is 0 Å². The Kier molecular flexibility index (Phi) is 4.21. The second kappa shape index (κ2) is 5.88. The second-order valence-corrected chi connectivity index (χ2v) is 4.49. The van der Waals surface area contributed by atoms with Crippen LogP contribution in [0.5, 0.6) is 0 Å². The quantitative estimate of drug-likeness (QED) is 0.771. The molecule has 0 aromatic carbocycles. The number of rotatable bonds is 2. The van der Waals surface area contributed by atoms with Crippen LogP contribution in [0.2, 0.25) is 5.15 Å². The highest BCUT2D eigenvalue weighted by Gasteiger charge is 2.22. The van der Waals surface area contributed by atoms with Gasteiger partial charge in [0.05, 0.1) is 24.3 Å². The minimum atomic E-state index is 0.167. The number of halogens is 1. The number of ether oxygens (including phenoxy) is 1. The summed E-state index contributed by atoms with van der Waals surface area (Å²) in [5, 5.41) is 18.7. The summed E-state index contributed by atoms with van der Waals surface area (Å²) in [5.74, 6) is 0.562. The predicted molar refractivity (Wildman–Crippen MR) is 71.1 cm³/mol. The van der Waals surface area contributed by atoms with E-state index in [1.54, 1.807) is 0 Å². The summed E-state index contributed by atoms with van der Waals surface area (Å²) in [7, 11) is 0. The van der Waals surface area contributed by atoms with Gasteiger partial charge in [0.15, 0.2) is 0 Å². The lowest BCUT2D eigenvalue weighted by molar-refractivity contribution is 0.122. The van der Waals surface area contributed by atoms with E-state index in [-0.39, 0.29) is 5.15 Å². The molecule has 1 saturated heterocycles. The first-order chi connectivity index (χ1) is 9.22. The molecule has 2 heterocycles. The van der Waals surface area contributed by atoms with Crippen LogP contribution in [0.1, 0.15) is 23.6 Å². The van der Waals surface area contributed by atoms with Crippen LogP contribution in [0, 0.1) is 22.7 Å². The highest BCUT2D eigenvalue weighted by molar-refractivity contribution is 6.30. The zero-order chi connectivity index (χ0) is 13.8. The molecule has 19 heavy (non-hydrogen) atoms. The second-order valence-electron chi connectivity index (χ2n) is 4.13. The lowest BCUT2D eigenvalue weighted by Crippen LogP contribution is -2.37. The molecule has 1 fully saturated rings. The van der Waals surface area contributed by atoms with Crippen LogP contribution in [0.25, 0.3) is 0 Å². The molecule has 1 aromatic heterocycles. The molecule has 0 spiro atoms. The summed E-state index contributed by atoms with van der Waals surface area (Å²) >= 11 is 6.06. The molecule has 6 heteroatoms. The maximum atomic E-state index is 9.37. The van der Waals surface area contributed by atoms with Crippen LogP contribution < -0.4 is 4.90 Å². The van der Waals surface area contributed by atoms with Gasteiger partial charge in [-0.15, -0.1) is 0 Å². The van der Waals surface area contributed by atoms with Gasteiger partial charge in [-0.3, -0.25) is 0 Å². The van der Waals surface area contributed by atoms with Gasteiger partial charge in [0.2, 0.25) is 0 Å². The van der Waals surface area contributed by atoms with Crippen LogP contribution >= 0.6 is 11.6 Å². The Morgan fingerprint density at radius 1 is 1.26 bits per heavy atom. The van der Waals surface area contributed by atoms with Crippen molar-refractivity contribution in [3.63, 3.8) is 0 Å². The van der Waals surface area contributed by atoms with Crippen LogP contribution in [-0.4, -0.2) is 31.3 Å². The molecule has 0 N–H and O–H groups in total. The van der Waals surface area contributed by atoms with Gasteiger partial charge in [-0.25, -0.2) is 4.98 Å². The summed E-state index contributed by atoms with van der Waals surface area (Å²) < 4.78 is 5.29. The summed E-state index contributed by atoms with van der Waals surface area (Å²) in [6.07, 6.45) is 0.575. The number of morpholine rings is 1. The standard InChI is InChI=1S/C13H13ClN4O/c1-2-9-10(7-15)12(14)17-13(11(9)8-16)18-3-5-19-6-4-18/h2-6H2,1H3. The first-order valence-corrected chi connectivity index (χ1v) is 6.46. The van der Waals surface area contributed by atoms with Crippen molar-refractivity contribution in [2.75, 3.05) is 31.2 Å². The van der Waals surface area contributed by atoms with Gasteiger partial charge >= 0.3 is 0 Å². The first-order valence-electron chi connectivity index (χ1n) is 6.08. The number of nitriles is 2. The van der Waals surface area contributed by atoms with Crippen molar-refractivity contribution in [2.45, 2.75) is 13.3 Å². The maximum Gasteiger partial charge on any atom is 0.149 e. The zero-order valence-corrected chi connectivity index (χ0v) is 11.4. The average molecular weight is 277 g/mol. The van der Waals surface area contributed by atoms with E-state index in [0.717, 1.165) is 0 Å². The molecule has 0 radical (unpaired) electrons. The fourth-order valence-corrected chi connectivity index (χ4v) is 2.41. The van der Waals surface area contributed by atoms with Gasteiger partial charge in [0.25, 0.3) is 0 Å². The normalized spacial score (nSPS) is 14.8. The predicted octanol–water partition coefficient (Wildman–Crippen LogP) is 1.88. The highest BCUT2D eigenvalue weighted by atomic mass is 35.5. The number of hydrogen-bond acceptors (Lipinski definition) is 5. The Labute approximate surface area is 117 Å². The van der Waals surface area contributed by atoms with Crippen LogP contribution in [0.3, 0.4) is 0 Å².